The van der Waals surface area contributed by atoms with E-state index in [0.717, 1.165) is 0 Å². The third-order valence-corrected chi connectivity index (χ3v) is 1.30. The molecule has 111 valence electrons. The summed E-state index contributed by atoms with van der Waals surface area (Å²) >= 11 is 14.5. The van der Waals surface area contributed by atoms with Gasteiger partial charge in [0.25, 0.3) is 0 Å². The molecule has 0 amide bonds. The zero-order valence-corrected chi connectivity index (χ0v) is 13.8. The monoisotopic (exact) mass is 335 g/mol. The van der Waals surface area contributed by atoms with Crippen LogP contribution in [0.3, 0.4) is 0 Å². The Morgan fingerprint density at radius 1 is 1.20 bits per heavy atom. The van der Waals surface area contributed by atoms with Crippen LogP contribution in [-0.2, 0) is 4.79 Å². The first-order valence-electron chi connectivity index (χ1n) is 4.98. The quantitative estimate of drug-likeness (QED) is 0.380. The van der Waals surface area contributed by atoms with Gasteiger partial charge in [0.15, 0.2) is 0 Å². The minimum Gasteiger partial charge on any atom is -0.423 e. The number of carbonyl (C=O) groups excluding carboxylic acids is 1. The van der Waals surface area contributed by atoms with Crippen LogP contribution in [0, 0.1) is 7.43 Å². The van der Waals surface area contributed by atoms with Crippen LogP contribution in [0.5, 0.6) is 5.75 Å². The molecule has 1 aromatic rings. The second kappa shape index (κ2) is 15.8. The molecule has 1 rings (SSSR count). The summed E-state index contributed by atoms with van der Waals surface area (Å²) in [6.07, 6.45) is 0. The lowest BCUT2D eigenvalue weighted by Crippen LogP contribution is -2.07. The molecule has 0 N–H and O–H groups in total. The molecule has 1 radical (unpaired) electrons. The second-order valence-electron chi connectivity index (χ2n) is 2.98. The molecular weight excluding hydrogens is 319 g/mol. The minimum atomic E-state index is -0.388. The van der Waals surface area contributed by atoms with Crippen molar-refractivity contribution in [2.24, 2.45) is 0 Å². The van der Waals surface area contributed by atoms with Crippen molar-refractivity contribution < 1.29 is 9.53 Å². The summed E-state index contributed by atoms with van der Waals surface area (Å²) in [4.78, 5) is 11.0. The molecule has 0 saturated heterocycles. The maximum atomic E-state index is 11.0. The number of para-hydroxylation sites is 1. The average molecular weight is 337 g/mol. The summed E-state index contributed by atoms with van der Waals surface area (Å²) in [6.45, 7) is 11.3. The molecule has 5 heteroatoms. The van der Waals surface area contributed by atoms with Crippen LogP contribution in [0.25, 0.3) is 0 Å². The topological polar surface area (TPSA) is 26.3 Å². The van der Waals surface area contributed by atoms with Gasteiger partial charge in [-0.3, -0.25) is 0 Å². The van der Waals surface area contributed by atoms with Crippen molar-refractivity contribution in [3.05, 3.63) is 73.1 Å². The molecule has 2 nitrogen and oxygen atoms in total. The first-order chi connectivity index (χ1) is 8.84. The fourth-order valence-electron chi connectivity index (χ4n) is 0.683. The van der Waals surface area contributed by atoms with Crippen molar-refractivity contribution in [3.8, 4) is 5.75 Å². The van der Waals surface area contributed by atoms with Crippen molar-refractivity contribution in [2.75, 3.05) is 0 Å². The van der Waals surface area contributed by atoms with Gasteiger partial charge in [0.05, 0.1) is 4.49 Å². The van der Waals surface area contributed by atoms with Crippen LogP contribution >= 0.6 is 34.8 Å². The number of benzene rings is 1. The number of hydrogen-bond donors (Lipinski definition) is 0. The maximum Gasteiger partial charge on any atom is 0.338 e. The zero-order chi connectivity index (χ0) is 15.3. The average Bonchev–Trinajstić information content (AvgIpc) is 2.30. The van der Waals surface area contributed by atoms with E-state index in [-0.39, 0.29) is 17.9 Å². The molecule has 0 bridgehead atoms. The second-order valence-corrected chi connectivity index (χ2v) is 4.39. The van der Waals surface area contributed by atoms with Crippen LogP contribution in [0.2, 0.25) is 0 Å². The summed E-state index contributed by atoms with van der Waals surface area (Å²) in [5.74, 6) is 0.159. The van der Waals surface area contributed by atoms with Crippen molar-refractivity contribution in [3.63, 3.8) is 0 Å². The molecule has 0 aliphatic carbocycles. The summed E-state index contributed by atoms with van der Waals surface area (Å²) in [6, 6.07) is 8.92. The summed E-state index contributed by atoms with van der Waals surface area (Å²) in [5.41, 5.74) is 1.62. The molecule has 0 atom stereocenters. The summed E-state index contributed by atoms with van der Waals surface area (Å²) in [7, 11) is 0. The molecule has 0 aliphatic rings. The van der Waals surface area contributed by atoms with E-state index >= 15 is 0 Å². The van der Waals surface area contributed by atoms with E-state index in [1.54, 1.807) is 31.2 Å². The van der Waals surface area contributed by atoms with E-state index in [1.165, 1.54) is 5.54 Å². The molecule has 0 aromatic heterocycles. The Labute approximate surface area is 136 Å². The van der Waals surface area contributed by atoms with Crippen LogP contribution < -0.4 is 4.74 Å². The van der Waals surface area contributed by atoms with E-state index in [1.807, 2.05) is 6.07 Å². The van der Waals surface area contributed by atoms with Crippen molar-refractivity contribution in [1.82, 2.24) is 0 Å². The van der Waals surface area contributed by atoms with Crippen molar-refractivity contribution in [2.45, 2.75) is 6.92 Å². The van der Waals surface area contributed by atoms with Crippen molar-refractivity contribution in [1.29, 1.82) is 0 Å². The number of esters is 1. The Bertz CT molecular complexity index is 410. The van der Waals surface area contributed by atoms with Crippen LogP contribution in [0.1, 0.15) is 6.92 Å². The smallest absolute Gasteiger partial charge is 0.338 e. The molecule has 0 saturated carbocycles. The Morgan fingerprint density at radius 3 is 1.85 bits per heavy atom. The third kappa shape index (κ3) is 19.1. The SMILES string of the molecule is C=C(C)C(=O)Oc1ccccc1.C=C(Cl)Cl.C=CCl.[CH3]. The normalized spacial score (nSPS) is 7.40. The number of hydrogen-bond acceptors (Lipinski definition) is 2. The number of carbonyl (C=O) groups is 1. The minimum absolute atomic E-state index is 0. The predicted octanol–water partition coefficient (Wildman–Crippen LogP) is 5.92. The molecule has 0 spiro atoms. The van der Waals surface area contributed by atoms with Gasteiger partial charge >= 0.3 is 5.97 Å². The van der Waals surface area contributed by atoms with Crippen LogP contribution in [-0.4, -0.2) is 5.97 Å². The molecular formula is C15H18Cl3O2. The fraction of sp³-hybridized carbons (Fsp3) is 0.0667. The van der Waals surface area contributed by atoms with Gasteiger partial charge < -0.3 is 4.74 Å². The number of ether oxygens (including phenoxy) is 1. The van der Waals surface area contributed by atoms with E-state index in [4.69, 9.17) is 39.5 Å². The highest BCUT2D eigenvalue weighted by molar-refractivity contribution is 6.55. The maximum absolute atomic E-state index is 11.0. The van der Waals surface area contributed by atoms with Gasteiger partial charge in [-0.2, -0.15) is 0 Å². The third-order valence-electron chi connectivity index (χ3n) is 1.30. The number of halogens is 3. The van der Waals surface area contributed by atoms with Gasteiger partial charge in [-0.05, 0) is 24.6 Å². The van der Waals surface area contributed by atoms with E-state index in [0.29, 0.717) is 11.3 Å². The number of rotatable bonds is 2. The molecule has 0 aliphatic heterocycles. The predicted molar refractivity (Wildman–Crippen MR) is 90.2 cm³/mol. The summed E-state index contributed by atoms with van der Waals surface area (Å²) in [5, 5.41) is 0. The van der Waals surface area contributed by atoms with E-state index in [2.05, 4.69) is 19.7 Å². The Balaban J connectivity index is -0.000000307. The van der Waals surface area contributed by atoms with Crippen LogP contribution in [0.4, 0.5) is 0 Å². The van der Waals surface area contributed by atoms with Gasteiger partial charge in [0.1, 0.15) is 5.75 Å². The van der Waals surface area contributed by atoms with Crippen LogP contribution in [0.15, 0.2) is 65.7 Å². The molecule has 0 heterocycles. The van der Waals surface area contributed by atoms with Crippen molar-refractivity contribution >= 4 is 40.8 Å². The molecule has 1 aromatic carbocycles. The Morgan fingerprint density at radius 2 is 1.55 bits per heavy atom. The Kier molecular flexibility index (Phi) is 18.9. The fourth-order valence-corrected chi connectivity index (χ4v) is 0.683. The van der Waals surface area contributed by atoms with Gasteiger partial charge in [0, 0.05) is 5.57 Å². The largest absolute Gasteiger partial charge is 0.423 e. The standard InChI is InChI=1S/C10H10O2.C2H2Cl2.C2H3Cl.CH3/c1-8(2)10(11)12-9-6-4-3-5-7-9;1-2(3)4;1-2-3;/h3-7H,1H2,2H3;1H2;2H,1H2;1H3. The highest BCUT2D eigenvalue weighted by Gasteiger charge is 2.03. The van der Waals surface area contributed by atoms with Gasteiger partial charge in [-0.1, -0.05) is 80.2 Å². The highest BCUT2D eigenvalue weighted by atomic mass is 35.5. The Hall–Kier alpha value is -1.22. The lowest BCUT2D eigenvalue weighted by Gasteiger charge is -2.01. The zero-order valence-electron chi connectivity index (χ0n) is 11.5. The lowest BCUT2D eigenvalue weighted by atomic mass is 10.3. The highest BCUT2D eigenvalue weighted by Crippen LogP contribution is 2.09. The van der Waals surface area contributed by atoms with Gasteiger partial charge in [-0.25, -0.2) is 4.79 Å². The molecule has 0 fully saturated rings. The molecule has 20 heavy (non-hydrogen) atoms. The van der Waals surface area contributed by atoms with Gasteiger partial charge in [0.2, 0.25) is 0 Å². The lowest BCUT2D eigenvalue weighted by molar-refractivity contribution is -0.130. The first kappa shape index (κ1) is 23.8. The molecule has 0 unspecified atom stereocenters. The van der Waals surface area contributed by atoms with E-state index in [9.17, 15) is 4.79 Å². The summed E-state index contributed by atoms with van der Waals surface area (Å²) < 4.78 is 5.05. The van der Waals surface area contributed by atoms with Gasteiger partial charge in [-0.15, -0.1) is 0 Å². The first-order valence-corrected chi connectivity index (χ1v) is 6.18. The van der Waals surface area contributed by atoms with E-state index < -0.39 is 0 Å².